The van der Waals surface area contributed by atoms with Gasteiger partial charge in [0.15, 0.2) is 0 Å². The fourth-order valence-electron chi connectivity index (χ4n) is 3.11. The number of rotatable bonds is 6. The number of aromatic nitrogens is 1. The standard InChI is InChI=1S/C19H22ClNO5S/c1-2-3-12-8-21-15(27-12)7-11-6-10(4-5-13(11)20)19-18(25)17(24)16(23)14(9-22)26-19/h2,4-6,8,14,16-19,22-25H,1,3,7,9H2/t14-,16-,17+,18-,19+/m1/s1. The van der Waals surface area contributed by atoms with Crippen LogP contribution < -0.4 is 0 Å². The van der Waals surface area contributed by atoms with Gasteiger partial charge >= 0.3 is 0 Å². The number of thiazole rings is 1. The first-order valence-electron chi connectivity index (χ1n) is 8.58. The Hall–Kier alpha value is -1.32. The van der Waals surface area contributed by atoms with Gasteiger partial charge in [-0.05, 0) is 17.2 Å². The molecule has 0 aliphatic carbocycles. The van der Waals surface area contributed by atoms with E-state index in [1.807, 2.05) is 12.3 Å². The van der Waals surface area contributed by atoms with Crippen LogP contribution in [-0.4, -0.2) is 56.4 Å². The van der Waals surface area contributed by atoms with Crippen molar-refractivity contribution in [3.05, 3.63) is 63.1 Å². The molecule has 2 heterocycles. The number of aliphatic hydroxyl groups excluding tert-OH is 4. The van der Waals surface area contributed by atoms with E-state index in [0.29, 0.717) is 17.0 Å². The van der Waals surface area contributed by atoms with E-state index in [0.717, 1.165) is 21.9 Å². The Kier molecular flexibility index (Phi) is 6.65. The van der Waals surface area contributed by atoms with Gasteiger partial charge in [-0.15, -0.1) is 17.9 Å². The lowest BCUT2D eigenvalue weighted by atomic mass is 9.90. The predicted octanol–water partition coefficient (Wildman–Crippen LogP) is 1.63. The predicted molar refractivity (Wildman–Crippen MR) is 103 cm³/mol. The van der Waals surface area contributed by atoms with E-state index in [1.165, 1.54) is 0 Å². The number of hydrogen-bond donors (Lipinski definition) is 4. The van der Waals surface area contributed by atoms with Crippen molar-refractivity contribution in [1.29, 1.82) is 0 Å². The Morgan fingerprint density at radius 1 is 1.22 bits per heavy atom. The summed E-state index contributed by atoms with van der Waals surface area (Å²) in [6.45, 7) is 3.26. The largest absolute Gasteiger partial charge is 0.394 e. The van der Waals surface area contributed by atoms with E-state index in [-0.39, 0.29) is 0 Å². The first-order chi connectivity index (χ1) is 12.9. The molecule has 1 aromatic carbocycles. The third-order valence-electron chi connectivity index (χ3n) is 4.58. The van der Waals surface area contributed by atoms with E-state index in [2.05, 4.69) is 11.6 Å². The van der Waals surface area contributed by atoms with Crippen molar-refractivity contribution in [2.24, 2.45) is 0 Å². The van der Waals surface area contributed by atoms with Crippen molar-refractivity contribution in [1.82, 2.24) is 4.98 Å². The van der Waals surface area contributed by atoms with Gasteiger partial charge in [0.1, 0.15) is 30.5 Å². The number of allylic oxidation sites excluding steroid dienone is 1. The molecule has 4 N–H and O–H groups in total. The van der Waals surface area contributed by atoms with Gasteiger partial charge in [-0.1, -0.05) is 29.8 Å². The molecule has 0 unspecified atom stereocenters. The summed E-state index contributed by atoms with van der Waals surface area (Å²) in [6.07, 6.45) is -1.04. The highest BCUT2D eigenvalue weighted by atomic mass is 35.5. The van der Waals surface area contributed by atoms with Gasteiger partial charge in [-0.3, -0.25) is 0 Å². The average Bonchev–Trinajstić information content (AvgIpc) is 3.09. The Bertz CT molecular complexity index is 796. The lowest BCUT2D eigenvalue weighted by Crippen LogP contribution is -2.55. The summed E-state index contributed by atoms with van der Waals surface area (Å²) < 4.78 is 5.62. The molecule has 1 aliphatic heterocycles. The molecule has 146 valence electrons. The number of nitrogens with zero attached hydrogens (tertiary/aromatic N) is 1. The van der Waals surface area contributed by atoms with E-state index in [1.54, 1.807) is 29.5 Å². The molecule has 1 fully saturated rings. The minimum Gasteiger partial charge on any atom is -0.394 e. The molecule has 0 radical (unpaired) electrons. The molecule has 1 saturated heterocycles. The second-order valence-electron chi connectivity index (χ2n) is 6.49. The fraction of sp³-hybridized carbons (Fsp3) is 0.421. The molecule has 0 amide bonds. The van der Waals surface area contributed by atoms with Crippen LogP contribution in [0, 0.1) is 0 Å². The van der Waals surface area contributed by atoms with Gasteiger partial charge in [0, 0.05) is 28.9 Å². The number of halogens is 1. The van der Waals surface area contributed by atoms with Gasteiger partial charge in [0.2, 0.25) is 0 Å². The van der Waals surface area contributed by atoms with Crippen molar-refractivity contribution >= 4 is 22.9 Å². The molecule has 3 rings (SSSR count). The summed E-state index contributed by atoms with van der Waals surface area (Å²) >= 11 is 7.91. The van der Waals surface area contributed by atoms with Crippen molar-refractivity contribution in [3.63, 3.8) is 0 Å². The third-order valence-corrected chi connectivity index (χ3v) is 5.97. The first kappa shape index (κ1) is 20.4. The summed E-state index contributed by atoms with van der Waals surface area (Å²) in [6, 6.07) is 5.19. The quantitative estimate of drug-likeness (QED) is 0.539. The number of aliphatic hydroxyl groups is 4. The minimum atomic E-state index is -1.42. The smallest absolute Gasteiger partial charge is 0.113 e. The summed E-state index contributed by atoms with van der Waals surface area (Å²) in [4.78, 5) is 5.51. The number of ether oxygens (including phenoxy) is 1. The van der Waals surface area contributed by atoms with Crippen molar-refractivity contribution in [2.45, 2.75) is 43.4 Å². The molecule has 0 saturated carbocycles. The van der Waals surface area contributed by atoms with Crippen LogP contribution in [-0.2, 0) is 17.6 Å². The van der Waals surface area contributed by atoms with Gasteiger partial charge in [-0.2, -0.15) is 0 Å². The minimum absolute atomic E-state index is 0.465. The van der Waals surface area contributed by atoms with E-state index >= 15 is 0 Å². The Morgan fingerprint density at radius 2 is 2.00 bits per heavy atom. The van der Waals surface area contributed by atoms with E-state index in [4.69, 9.17) is 16.3 Å². The molecule has 8 heteroatoms. The van der Waals surface area contributed by atoms with Crippen LogP contribution in [0.5, 0.6) is 0 Å². The Balaban J connectivity index is 1.84. The SMILES string of the molecule is C=CCc1cnc(Cc2cc([C@@H]3O[C@H](CO)[C@@H](O)[C@H](O)[C@H]3O)ccc2Cl)s1. The van der Waals surface area contributed by atoms with Crippen LogP contribution in [0.1, 0.15) is 27.1 Å². The maximum absolute atomic E-state index is 10.3. The second kappa shape index (κ2) is 8.79. The zero-order valence-electron chi connectivity index (χ0n) is 14.5. The fourth-order valence-corrected chi connectivity index (χ4v) is 4.24. The van der Waals surface area contributed by atoms with Crippen LogP contribution >= 0.6 is 22.9 Å². The highest BCUT2D eigenvalue weighted by molar-refractivity contribution is 7.11. The lowest BCUT2D eigenvalue weighted by molar-refractivity contribution is -0.231. The van der Waals surface area contributed by atoms with Gasteiger partial charge in [-0.25, -0.2) is 4.98 Å². The summed E-state index contributed by atoms with van der Waals surface area (Å²) in [5.41, 5.74) is 1.42. The summed E-state index contributed by atoms with van der Waals surface area (Å²) in [5, 5.41) is 41.1. The monoisotopic (exact) mass is 411 g/mol. The number of hydrogen-bond acceptors (Lipinski definition) is 7. The summed E-state index contributed by atoms with van der Waals surface area (Å²) in [7, 11) is 0. The zero-order valence-corrected chi connectivity index (χ0v) is 16.1. The van der Waals surface area contributed by atoms with E-state index < -0.39 is 37.1 Å². The topological polar surface area (TPSA) is 103 Å². The summed E-state index contributed by atoms with van der Waals surface area (Å²) in [5.74, 6) is 0. The lowest BCUT2D eigenvalue weighted by Gasteiger charge is -2.40. The van der Waals surface area contributed by atoms with Crippen molar-refractivity contribution < 1.29 is 25.2 Å². The maximum Gasteiger partial charge on any atom is 0.113 e. The zero-order chi connectivity index (χ0) is 19.6. The second-order valence-corrected chi connectivity index (χ2v) is 8.10. The molecule has 6 nitrogen and oxygen atoms in total. The van der Waals surface area contributed by atoms with Crippen LogP contribution in [0.4, 0.5) is 0 Å². The molecule has 27 heavy (non-hydrogen) atoms. The van der Waals surface area contributed by atoms with Gasteiger partial charge in [0.25, 0.3) is 0 Å². The molecular weight excluding hydrogens is 390 g/mol. The van der Waals surface area contributed by atoms with Gasteiger partial charge < -0.3 is 25.2 Å². The maximum atomic E-state index is 10.3. The highest BCUT2D eigenvalue weighted by Crippen LogP contribution is 2.34. The van der Waals surface area contributed by atoms with Crippen LogP contribution in [0.3, 0.4) is 0 Å². The Morgan fingerprint density at radius 3 is 2.70 bits per heavy atom. The van der Waals surface area contributed by atoms with Crippen LogP contribution in [0.25, 0.3) is 0 Å². The van der Waals surface area contributed by atoms with Gasteiger partial charge in [0.05, 0.1) is 11.6 Å². The molecule has 0 bridgehead atoms. The molecular formula is C19H22ClNO5S. The third kappa shape index (κ3) is 4.41. The van der Waals surface area contributed by atoms with Crippen molar-refractivity contribution in [3.8, 4) is 0 Å². The molecule has 2 aromatic rings. The molecule has 0 spiro atoms. The molecule has 5 atom stereocenters. The van der Waals surface area contributed by atoms with E-state index in [9.17, 15) is 20.4 Å². The van der Waals surface area contributed by atoms with Crippen LogP contribution in [0.15, 0.2) is 37.1 Å². The normalized spacial score (nSPS) is 28.3. The van der Waals surface area contributed by atoms with Crippen LogP contribution in [0.2, 0.25) is 5.02 Å². The average molecular weight is 412 g/mol. The van der Waals surface area contributed by atoms with Crippen molar-refractivity contribution in [2.75, 3.05) is 6.61 Å². The highest BCUT2D eigenvalue weighted by Gasteiger charge is 2.44. The molecule has 1 aromatic heterocycles. The number of benzene rings is 1. The first-order valence-corrected chi connectivity index (χ1v) is 9.77. The Labute approximate surface area is 166 Å². The molecule has 1 aliphatic rings.